The Bertz CT molecular complexity index is 258. The highest BCUT2D eigenvalue weighted by Crippen LogP contribution is 2.20. The number of para-hydroxylation sites is 2. The van der Waals surface area contributed by atoms with Gasteiger partial charge in [0.15, 0.2) is 5.69 Å². The summed E-state index contributed by atoms with van der Waals surface area (Å²) < 4.78 is 0. The van der Waals surface area contributed by atoms with Gasteiger partial charge in [-0.2, -0.15) is 0 Å². The molecule has 1 aliphatic heterocycles. The summed E-state index contributed by atoms with van der Waals surface area (Å²) in [4.78, 5) is 4.06. The molecule has 1 heterocycles. The Morgan fingerprint density at radius 3 is 2.80 bits per heavy atom. The highest BCUT2D eigenvalue weighted by Gasteiger charge is 2.12. The lowest BCUT2D eigenvalue weighted by atomic mass is 10.3. The maximum atomic E-state index is 4.06. The molecule has 2 nitrogen and oxygen atoms in total. The van der Waals surface area contributed by atoms with Gasteiger partial charge in [0.2, 0.25) is 5.69 Å². The summed E-state index contributed by atoms with van der Waals surface area (Å²) in [6.07, 6.45) is 1.70. The van der Waals surface area contributed by atoms with Crippen LogP contribution in [-0.4, -0.2) is 6.34 Å². The second kappa shape index (κ2) is 2.84. The van der Waals surface area contributed by atoms with Gasteiger partial charge in [0.25, 0.3) is 6.34 Å². The molecule has 2 rings (SSSR count). The van der Waals surface area contributed by atoms with Gasteiger partial charge in [0.05, 0.1) is 0 Å². The maximum absolute atomic E-state index is 4.06. The molecular weight excluding hydrogens is 192 g/mol. The number of rotatable bonds is 0. The molecule has 3 heteroatoms. The van der Waals surface area contributed by atoms with Crippen LogP contribution in [0.1, 0.15) is 0 Å². The quantitative estimate of drug-likeness (QED) is 0.518. The zero-order valence-corrected chi connectivity index (χ0v) is 6.80. The molecule has 0 aromatic heterocycles. The van der Waals surface area contributed by atoms with Crippen molar-refractivity contribution in [2.75, 3.05) is 5.32 Å². The Morgan fingerprint density at radius 1 is 1.20 bits per heavy atom. The number of hydrogen-bond donors (Lipinski definition) is 1. The minimum absolute atomic E-state index is 0. The molecule has 1 aromatic carbocycles. The number of halogens is 1. The first-order valence-electron chi connectivity index (χ1n) is 2.85. The second-order valence-electron chi connectivity index (χ2n) is 1.92. The number of benzene rings is 1. The predicted octanol–water partition coefficient (Wildman–Crippen LogP) is -1.89. The number of nitrogens with one attached hydrogen (secondary N) is 1. The molecule has 1 radical (unpaired) electrons. The molecule has 0 aliphatic carbocycles. The molecule has 1 N–H and O–H groups in total. The topological polar surface area (TPSA) is 26.1 Å². The standard InChI is InChI=1S/C7H6N2.BrH/c1-2-4-7-6(3-1)8-5-9-7;/h1-5,8H;1H/q+1;/p-1. The molecule has 51 valence electrons. The molecule has 0 amide bonds. The van der Waals surface area contributed by atoms with E-state index in [1.165, 1.54) is 0 Å². The van der Waals surface area contributed by atoms with Crippen LogP contribution in [0.4, 0.5) is 11.4 Å². The summed E-state index contributed by atoms with van der Waals surface area (Å²) >= 11 is 0. The van der Waals surface area contributed by atoms with Gasteiger partial charge in [-0.1, -0.05) is 12.1 Å². The SMILES string of the molecule is C1=[N+]c2ccccc2N1.[Br-]. The van der Waals surface area contributed by atoms with E-state index in [2.05, 4.69) is 10.3 Å². The summed E-state index contributed by atoms with van der Waals surface area (Å²) in [6.45, 7) is 0. The normalized spacial score (nSPS) is 11.6. The van der Waals surface area contributed by atoms with Crippen LogP contribution in [0.5, 0.6) is 0 Å². The maximum Gasteiger partial charge on any atom is 0.285 e. The van der Waals surface area contributed by atoms with E-state index < -0.39 is 0 Å². The average Bonchev–Trinajstić information content (AvgIpc) is 2.33. The van der Waals surface area contributed by atoms with Gasteiger partial charge in [0, 0.05) is 0 Å². The summed E-state index contributed by atoms with van der Waals surface area (Å²) in [5.74, 6) is 0. The first-order chi connectivity index (χ1) is 4.47. The van der Waals surface area contributed by atoms with E-state index in [0.29, 0.717) is 0 Å². The third-order valence-electron chi connectivity index (χ3n) is 1.33. The molecule has 0 saturated heterocycles. The summed E-state index contributed by atoms with van der Waals surface area (Å²) in [5, 5.41) is 3.01. The van der Waals surface area contributed by atoms with Crippen molar-refractivity contribution in [2.24, 2.45) is 0 Å². The van der Waals surface area contributed by atoms with Crippen LogP contribution in [0.25, 0.3) is 0 Å². The molecule has 0 atom stereocenters. The fourth-order valence-corrected chi connectivity index (χ4v) is 0.880. The van der Waals surface area contributed by atoms with Crippen LogP contribution in [0.15, 0.2) is 24.3 Å². The van der Waals surface area contributed by atoms with Crippen LogP contribution in [0.3, 0.4) is 0 Å². The zero-order chi connectivity index (χ0) is 6.10. The van der Waals surface area contributed by atoms with E-state index in [-0.39, 0.29) is 17.0 Å². The van der Waals surface area contributed by atoms with Crippen LogP contribution in [0.2, 0.25) is 0 Å². The van der Waals surface area contributed by atoms with Crippen molar-refractivity contribution in [3.8, 4) is 0 Å². The molecular formula is C7H6BrN2. The molecule has 0 unspecified atom stereocenters. The van der Waals surface area contributed by atoms with Gasteiger partial charge in [-0.25, -0.2) is 5.32 Å². The van der Waals surface area contributed by atoms with Crippen molar-refractivity contribution in [1.29, 1.82) is 0 Å². The molecule has 1 aromatic rings. The van der Waals surface area contributed by atoms with Crippen LogP contribution < -0.4 is 27.3 Å². The van der Waals surface area contributed by atoms with Crippen molar-refractivity contribution in [2.45, 2.75) is 0 Å². The van der Waals surface area contributed by atoms with E-state index in [1.54, 1.807) is 6.34 Å². The molecule has 0 saturated carbocycles. The summed E-state index contributed by atoms with van der Waals surface area (Å²) in [7, 11) is 0. The Labute approximate surface area is 69.7 Å². The van der Waals surface area contributed by atoms with Gasteiger partial charge < -0.3 is 17.0 Å². The van der Waals surface area contributed by atoms with Crippen LogP contribution >= 0.6 is 0 Å². The predicted molar refractivity (Wildman–Crippen MR) is 37.9 cm³/mol. The lowest BCUT2D eigenvalue weighted by Crippen LogP contribution is -3.00. The Balaban J connectivity index is 0.000000500. The highest BCUT2D eigenvalue weighted by molar-refractivity contribution is 5.88. The number of hydrogen-bond acceptors (Lipinski definition) is 2. The van der Waals surface area contributed by atoms with Crippen molar-refractivity contribution in [3.63, 3.8) is 0 Å². The Kier molecular flexibility index (Phi) is 2.06. The Morgan fingerprint density at radius 2 is 2.00 bits per heavy atom. The Hall–Kier alpha value is -0.830. The lowest BCUT2D eigenvalue weighted by molar-refractivity contribution is -0.00000180. The van der Waals surface area contributed by atoms with E-state index in [1.807, 2.05) is 24.3 Å². The van der Waals surface area contributed by atoms with Crippen LogP contribution in [0, 0.1) is 0 Å². The van der Waals surface area contributed by atoms with Gasteiger partial charge in [-0.15, -0.1) is 0 Å². The first kappa shape index (κ1) is 7.28. The largest absolute Gasteiger partial charge is 1.00 e. The van der Waals surface area contributed by atoms with E-state index in [4.69, 9.17) is 0 Å². The van der Waals surface area contributed by atoms with Gasteiger partial charge in [0.1, 0.15) is 0 Å². The molecule has 1 aliphatic rings. The van der Waals surface area contributed by atoms with Crippen LogP contribution in [-0.2, 0) is 0 Å². The fraction of sp³-hybridized carbons (Fsp3) is 0. The van der Waals surface area contributed by atoms with E-state index >= 15 is 0 Å². The first-order valence-corrected chi connectivity index (χ1v) is 2.85. The van der Waals surface area contributed by atoms with Crippen molar-refractivity contribution in [1.82, 2.24) is 4.99 Å². The lowest BCUT2D eigenvalue weighted by Gasteiger charge is -1.84. The van der Waals surface area contributed by atoms with Crippen molar-refractivity contribution >= 4 is 17.7 Å². The number of nitrogens with zero attached hydrogens (tertiary/aromatic N) is 1. The highest BCUT2D eigenvalue weighted by atomic mass is 79.9. The third-order valence-corrected chi connectivity index (χ3v) is 1.33. The molecule has 10 heavy (non-hydrogen) atoms. The smallest absolute Gasteiger partial charge is 0.285 e. The van der Waals surface area contributed by atoms with Crippen molar-refractivity contribution in [3.05, 3.63) is 24.3 Å². The number of fused-ring (bicyclic) bond motifs is 1. The van der Waals surface area contributed by atoms with Crippen molar-refractivity contribution < 1.29 is 17.0 Å². The van der Waals surface area contributed by atoms with Gasteiger partial charge in [-0.3, -0.25) is 0 Å². The molecule has 0 bridgehead atoms. The van der Waals surface area contributed by atoms with E-state index in [0.717, 1.165) is 11.4 Å². The number of anilines is 1. The van der Waals surface area contributed by atoms with Gasteiger partial charge >= 0.3 is 0 Å². The number of aliphatic imine (C=N–C) groups is 1. The minimum Gasteiger partial charge on any atom is -1.00 e. The van der Waals surface area contributed by atoms with E-state index in [9.17, 15) is 0 Å². The molecule has 0 spiro atoms. The summed E-state index contributed by atoms with van der Waals surface area (Å²) in [5.41, 5.74) is 2.12. The second-order valence-corrected chi connectivity index (χ2v) is 1.92. The fourth-order valence-electron chi connectivity index (χ4n) is 0.880. The monoisotopic (exact) mass is 197 g/mol. The summed E-state index contributed by atoms with van der Waals surface area (Å²) in [6, 6.07) is 7.94. The zero-order valence-electron chi connectivity index (χ0n) is 5.21. The minimum atomic E-state index is 0. The molecule has 0 fully saturated rings. The van der Waals surface area contributed by atoms with Gasteiger partial charge in [-0.05, 0) is 17.1 Å². The average molecular weight is 198 g/mol. The third kappa shape index (κ3) is 1.04.